The van der Waals surface area contributed by atoms with Gasteiger partial charge in [0.05, 0.1) is 16.9 Å². The topological polar surface area (TPSA) is 123 Å². The summed E-state index contributed by atoms with van der Waals surface area (Å²) in [5.41, 5.74) is 6.20. The molecule has 0 fully saturated rings. The zero-order chi connectivity index (χ0) is 18.0. The van der Waals surface area contributed by atoms with Gasteiger partial charge in [-0.1, -0.05) is 12.1 Å². The van der Waals surface area contributed by atoms with Gasteiger partial charge >= 0.3 is 6.03 Å². The first kappa shape index (κ1) is 18.1. The van der Waals surface area contributed by atoms with Gasteiger partial charge in [0.15, 0.2) is 0 Å². The van der Waals surface area contributed by atoms with E-state index in [1.807, 2.05) is 20.8 Å². The molecule has 0 aromatic heterocycles. The Hall–Kier alpha value is -2.29. The number of rotatable bonds is 5. The smallest absolute Gasteiger partial charge is 0.315 e. The minimum absolute atomic E-state index is 0.0821. The molecule has 0 unspecified atom stereocenters. The van der Waals surface area contributed by atoms with E-state index in [1.54, 1.807) is 18.2 Å². The van der Waals surface area contributed by atoms with Crippen LogP contribution < -0.4 is 21.1 Å². The minimum Gasteiger partial charge on any atom is -0.490 e. The third-order valence-corrected chi connectivity index (χ3v) is 4.47. The molecule has 8 nitrogen and oxygen atoms in total. The number of amides is 2. The summed E-state index contributed by atoms with van der Waals surface area (Å²) in [6.07, 6.45) is 0. The Morgan fingerprint density at radius 1 is 1.42 bits per heavy atom. The van der Waals surface area contributed by atoms with Crippen LogP contribution in [-0.2, 0) is 15.8 Å². The Labute approximate surface area is 141 Å². The number of hydrogen-bond donors (Lipinski definition) is 3. The molecule has 4 N–H and O–H groups in total. The molecule has 1 aliphatic heterocycles. The molecule has 1 aromatic carbocycles. The van der Waals surface area contributed by atoms with Gasteiger partial charge in [0.2, 0.25) is 0 Å². The minimum atomic E-state index is -3.59. The van der Waals surface area contributed by atoms with Crippen LogP contribution in [0.15, 0.2) is 22.6 Å². The number of hydrogen-bond acceptors (Lipinski definition) is 5. The van der Waals surface area contributed by atoms with Crippen molar-refractivity contribution in [1.82, 2.24) is 10.6 Å². The number of nitrogens with two attached hydrogens (primary N) is 1. The van der Waals surface area contributed by atoms with Crippen LogP contribution in [0.2, 0.25) is 0 Å². The van der Waals surface area contributed by atoms with Gasteiger partial charge in [-0.15, -0.1) is 4.40 Å². The normalized spacial score (nSPS) is 15.9. The molecule has 1 aromatic rings. The van der Waals surface area contributed by atoms with Crippen LogP contribution in [0.4, 0.5) is 4.79 Å². The van der Waals surface area contributed by atoms with Gasteiger partial charge in [0.1, 0.15) is 18.2 Å². The summed E-state index contributed by atoms with van der Waals surface area (Å²) in [6, 6.07) is 4.79. The highest BCUT2D eigenvalue weighted by atomic mass is 32.2. The molecule has 0 spiro atoms. The van der Waals surface area contributed by atoms with Gasteiger partial charge in [0, 0.05) is 6.54 Å². The van der Waals surface area contributed by atoms with Gasteiger partial charge in [-0.25, -0.2) is 13.2 Å². The second kappa shape index (κ2) is 6.68. The van der Waals surface area contributed by atoms with E-state index in [2.05, 4.69) is 15.0 Å². The number of carbonyl (C=O) groups is 1. The van der Waals surface area contributed by atoms with E-state index in [4.69, 9.17) is 10.5 Å². The van der Waals surface area contributed by atoms with Crippen molar-refractivity contribution >= 4 is 21.9 Å². The van der Waals surface area contributed by atoms with Crippen molar-refractivity contribution < 1.29 is 17.9 Å². The van der Waals surface area contributed by atoms with E-state index in [9.17, 15) is 13.2 Å². The summed E-state index contributed by atoms with van der Waals surface area (Å²) in [4.78, 5) is 11.6. The van der Waals surface area contributed by atoms with Crippen LogP contribution in [0.5, 0.6) is 5.75 Å². The Morgan fingerprint density at radius 3 is 2.79 bits per heavy atom. The van der Waals surface area contributed by atoms with Crippen molar-refractivity contribution in [3.05, 3.63) is 29.3 Å². The predicted molar refractivity (Wildman–Crippen MR) is 91.6 cm³/mol. The maximum absolute atomic E-state index is 11.7. The standard InChI is InChI=1S/C15H22N4O4S/c1-4-17-14(20)18-15(2,3)9-23-11-7-5-6-10-8-24(21,22)19-13(16)12(10)11/h5-7H,4,8-9H2,1-3H3,(H2,16,19)(H2,17,18,20). The fourth-order valence-electron chi connectivity index (χ4n) is 2.34. The van der Waals surface area contributed by atoms with E-state index < -0.39 is 15.6 Å². The van der Waals surface area contributed by atoms with E-state index in [-0.39, 0.29) is 24.2 Å². The fourth-order valence-corrected chi connectivity index (χ4v) is 3.43. The summed E-state index contributed by atoms with van der Waals surface area (Å²) < 4.78 is 32.7. The molecular formula is C15H22N4O4S. The van der Waals surface area contributed by atoms with Crippen molar-refractivity contribution in [2.24, 2.45) is 10.1 Å². The lowest BCUT2D eigenvalue weighted by Gasteiger charge is -2.27. The Morgan fingerprint density at radius 2 is 2.12 bits per heavy atom. The average Bonchev–Trinajstić information content (AvgIpc) is 2.43. The number of ether oxygens (including phenoxy) is 1. The van der Waals surface area contributed by atoms with Crippen LogP contribution in [0.1, 0.15) is 31.9 Å². The first-order valence-corrected chi connectivity index (χ1v) is 9.13. The second-order valence-corrected chi connectivity index (χ2v) is 7.79. The molecule has 2 amide bonds. The van der Waals surface area contributed by atoms with Gasteiger partial charge in [-0.05, 0) is 32.4 Å². The number of amidine groups is 1. The molecule has 0 aliphatic carbocycles. The van der Waals surface area contributed by atoms with Gasteiger partial charge < -0.3 is 21.1 Å². The number of nitrogens with one attached hydrogen (secondary N) is 2. The monoisotopic (exact) mass is 354 g/mol. The lowest BCUT2D eigenvalue weighted by Crippen LogP contribution is -2.51. The number of benzene rings is 1. The van der Waals surface area contributed by atoms with Crippen molar-refractivity contribution in [2.45, 2.75) is 32.1 Å². The second-order valence-electron chi connectivity index (χ2n) is 6.15. The molecule has 0 bridgehead atoms. The Bertz CT molecular complexity index is 772. The SMILES string of the molecule is CCNC(=O)NC(C)(C)COc1cccc2c1C(N)=NS(=O)(=O)C2. The van der Waals surface area contributed by atoms with Gasteiger partial charge in [0.25, 0.3) is 10.0 Å². The van der Waals surface area contributed by atoms with E-state index >= 15 is 0 Å². The molecule has 24 heavy (non-hydrogen) atoms. The van der Waals surface area contributed by atoms with E-state index in [0.29, 0.717) is 23.4 Å². The quantitative estimate of drug-likeness (QED) is 0.719. The molecule has 0 radical (unpaired) electrons. The molecule has 132 valence electrons. The predicted octanol–water partition coefficient (Wildman–Crippen LogP) is 0.712. The van der Waals surface area contributed by atoms with Crippen LogP contribution >= 0.6 is 0 Å². The lowest BCUT2D eigenvalue weighted by molar-refractivity contribution is 0.195. The Kier molecular flexibility index (Phi) is 5.02. The number of carbonyl (C=O) groups excluding carboxylic acids is 1. The van der Waals surface area contributed by atoms with Crippen LogP contribution in [-0.4, -0.2) is 39.0 Å². The number of nitrogens with zero attached hydrogens (tertiary/aromatic N) is 1. The summed E-state index contributed by atoms with van der Waals surface area (Å²) in [7, 11) is -3.59. The number of sulfonamides is 1. The molecule has 1 aliphatic rings. The maximum atomic E-state index is 11.7. The molecule has 2 rings (SSSR count). The highest BCUT2D eigenvalue weighted by molar-refractivity contribution is 7.89. The van der Waals surface area contributed by atoms with E-state index in [0.717, 1.165) is 0 Å². The first-order valence-electron chi connectivity index (χ1n) is 7.53. The Balaban J connectivity index is 2.16. The summed E-state index contributed by atoms with van der Waals surface area (Å²) in [5.74, 6) is 0.150. The number of urea groups is 1. The third-order valence-electron chi connectivity index (χ3n) is 3.32. The molecule has 0 saturated heterocycles. The first-order chi connectivity index (χ1) is 11.1. The van der Waals surface area contributed by atoms with Gasteiger partial charge in [-0.3, -0.25) is 0 Å². The zero-order valence-electron chi connectivity index (χ0n) is 13.9. The fraction of sp³-hybridized carbons (Fsp3) is 0.467. The van der Waals surface area contributed by atoms with Crippen molar-refractivity contribution in [1.29, 1.82) is 0 Å². The highest BCUT2D eigenvalue weighted by Crippen LogP contribution is 2.28. The molecule has 0 atom stereocenters. The summed E-state index contributed by atoms with van der Waals surface area (Å²) in [6.45, 7) is 6.17. The molecule has 9 heteroatoms. The molecule has 1 heterocycles. The zero-order valence-corrected chi connectivity index (χ0v) is 14.7. The van der Waals surface area contributed by atoms with Crippen LogP contribution in [0.25, 0.3) is 0 Å². The van der Waals surface area contributed by atoms with Crippen molar-refractivity contribution in [3.8, 4) is 5.75 Å². The van der Waals surface area contributed by atoms with Gasteiger partial charge in [-0.2, -0.15) is 0 Å². The third kappa shape index (κ3) is 4.38. The molecular weight excluding hydrogens is 332 g/mol. The molecule has 0 saturated carbocycles. The lowest BCUT2D eigenvalue weighted by atomic mass is 10.1. The van der Waals surface area contributed by atoms with Crippen LogP contribution in [0.3, 0.4) is 0 Å². The van der Waals surface area contributed by atoms with Crippen LogP contribution in [0, 0.1) is 0 Å². The highest BCUT2D eigenvalue weighted by Gasteiger charge is 2.27. The average molecular weight is 354 g/mol. The summed E-state index contributed by atoms with van der Waals surface area (Å²) >= 11 is 0. The maximum Gasteiger partial charge on any atom is 0.315 e. The summed E-state index contributed by atoms with van der Waals surface area (Å²) in [5, 5.41) is 5.45. The van der Waals surface area contributed by atoms with Crippen molar-refractivity contribution in [3.63, 3.8) is 0 Å². The van der Waals surface area contributed by atoms with E-state index in [1.165, 1.54) is 0 Å². The largest absolute Gasteiger partial charge is 0.490 e. The van der Waals surface area contributed by atoms with Crippen molar-refractivity contribution in [2.75, 3.05) is 13.2 Å². The number of fused-ring (bicyclic) bond motifs is 1.